The maximum Gasteiger partial charge on any atom is 0.241 e. The van der Waals surface area contributed by atoms with Crippen LogP contribution in [-0.2, 0) is 13.1 Å². The summed E-state index contributed by atoms with van der Waals surface area (Å²) >= 11 is 1.64. The van der Waals surface area contributed by atoms with Crippen molar-refractivity contribution in [3.63, 3.8) is 0 Å². The summed E-state index contributed by atoms with van der Waals surface area (Å²) in [5.41, 5.74) is 3.32. The molecule has 0 bridgehead atoms. The van der Waals surface area contributed by atoms with Crippen LogP contribution in [0.3, 0.4) is 0 Å². The smallest absolute Gasteiger partial charge is 0.241 e. The molecule has 4 rings (SSSR count). The molecule has 3 aromatic heterocycles. The van der Waals surface area contributed by atoms with Crippen molar-refractivity contribution >= 4 is 11.3 Å². The van der Waals surface area contributed by atoms with Crippen LogP contribution in [0.1, 0.15) is 30.1 Å². The lowest BCUT2D eigenvalue weighted by Crippen LogP contribution is -2.33. The number of hydrogen-bond donors (Lipinski definition) is 0. The van der Waals surface area contributed by atoms with Gasteiger partial charge in [-0.25, -0.2) is 0 Å². The average molecular weight is 343 g/mol. The zero-order valence-corrected chi connectivity index (χ0v) is 14.8. The fourth-order valence-electron chi connectivity index (χ4n) is 3.37. The summed E-state index contributed by atoms with van der Waals surface area (Å²) in [7, 11) is 0. The Morgan fingerprint density at radius 3 is 3.04 bits per heavy atom. The minimum Gasteiger partial charge on any atom is -0.338 e. The van der Waals surface area contributed by atoms with E-state index >= 15 is 0 Å². The van der Waals surface area contributed by atoms with Crippen LogP contribution in [0.15, 0.2) is 27.4 Å². The Morgan fingerprint density at radius 2 is 2.29 bits per heavy atom. The van der Waals surface area contributed by atoms with Crippen LogP contribution in [0, 0.1) is 13.8 Å². The van der Waals surface area contributed by atoms with Gasteiger partial charge in [0.15, 0.2) is 0 Å². The van der Waals surface area contributed by atoms with Crippen molar-refractivity contribution in [1.82, 2.24) is 24.8 Å². The van der Waals surface area contributed by atoms with Gasteiger partial charge in [0.1, 0.15) is 0 Å². The molecule has 1 fully saturated rings. The predicted molar refractivity (Wildman–Crippen MR) is 92.7 cm³/mol. The van der Waals surface area contributed by atoms with Gasteiger partial charge in [-0.2, -0.15) is 21.4 Å². The number of aryl methyl sites for hydroxylation is 2. The zero-order valence-electron chi connectivity index (χ0n) is 14.0. The van der Waals surface area contributed by atoms with Crippen LogP contribution in [-0.4, -0.2) is 37.4 Å². The molecular weight excluding hydrogens is 322 g/mol. The third kappa shape index (κ3) is 3.14. The maximum absolute atomic E-state index is 5.46. The van der Waals surface area contributed by atoms with Crippen LogP contribution in [0.5, 0.6) is 0 Å². The Hall–Kier alpha value is -1.99. The lowest BCUT2D eigenvalue weighted by Gasteiger charge is -2.23. The minimum atomic E-state index is 0.472. The van der Waals surface area contributed by atoms with Crippen molar-refractivity contribution in [3.05, 3.63) is 40.2 Å². The van der Waals surface area contributed by atoms with Gasteiger partial charge >= 0.3 is 0 Å². The highest BCUT2D eigenvalue weighted by Crippen LogP contribution is 2.23. The molecule has 0 unspecified atom stereocenters. The number of aromatic nitrogens is 4. The quantitative estimate of drug-likeness (QED) is 0.711. The molecule has 24 heavy (non-hydrogen) atoms. The van der Waals surface area contributed by atoms with E-state index in [-0.39, 0.29) is 0 Å². The van der Waals surface area contributed by atoms with Crippen LogP contribution >= 0.6 is 11.3 Å². The van der Waals surface area contributed by atoms with Crippen molar-refractivity contribution < 1.29 is 4.52 Å². The topological polar surface area (TPSA) is 60.0 Å². The standard InChI is InChI=1S/C17H21N5OS/c1-12-8-13(2)22(19-12)9-15-4-3-6-21(15)10-16-18-17(20-23-16)14-5-7-24-11-14/h5,7-8,11,15H,3-4,6,9-10H2,1-2H3/t15-/m0/s1. The van der Waals surface area contributed by atoms with Crippen LogP contribution in [0.4, 0.5) is 0 Å². The van der Waals surface area contributed by atoms with Crippen LogP contribution < -0.4 is 0 Å². The zero-order chi connectivity index (χ0) is 16.5. The summed E-state index contributed by atoms with van der Waals surface area (Å²) in [4.78, 5) is 6.98. The van der Waals surface area contributed by atoms with Gasteiger partial charge in [-0.1, -0.05) is 5.16 Å². The molecule has 1 atom stereocenters. The lowest BCUT2D eigenvalue weighted by molar-refractivity contribution is 0.191. The Kier molecular flexibility index (Phi) is 4.20. The molecule has 0 saturated carbocycles. The van der Waals surface area contributed by atoms with Crippen molar-refractivity contribution in [3.8, 4) is 11.4 Å². The van der Waals surface area contributed by atoms with E-state index in [0.717, 1.165) is 24.3 Å². The van der Waals surface area contributed by atoms with E-state index in [0.29, 0.717) is 24.3 Å². The second-order valence-electron chi connectivity index (χ2n) is 6.40. The van der Waals surface area contributed by atoms with E-state index < -0.39 is 0 Å². The molecule has 3 aromatic rings. The summed E-state index contributed by atoms with van der Waals surface area (Å²) in [5.74, 6) is 1.37. The van der Waals surface area contributed by atoms with Crippen molar-refractivity contribution in [2.75, 3.05) is 6.54 Å². The second-order valence-corrected chi connectivity index (χ2v) is 7.18. The molecule has 0 N–H and O–H groups in total. The molecule has 6 nitrogen and oxygen atoms in total. The van der Waals surface area contributed by atoms with E-state index in [1.165, 1.54) is 18.5 Å². The van der Waals surface area contributed by atoms with Crippen molar-refractivity contribution in [1.29, 1.82) is 0 Å². The summed E-state index contributed by atoms with van der Waals surface area (Å²) in [6.07, 6.45) is 2.39. The third-order valence-corrected chi connectivity index (χ3v) is 5.26. The molecule has 7 heteroatoms. The van der Waals surface area contributed by atoms with Gasteiger partial charge in [-0.3, -0.25) is 9.58 Å². The van der Waals surface area contributed by atoms with E-state index in [9.17, 15) is 0 Å². The largest absolute Gasteiger partial charge is 0.338 e. The van der Waals surface area contributed by atoms with E-state index in [2.05, 4.69) is 37.8 Å². The molecular formula is C17H21N5OS. The monoisotopic (exact) mass is 343 g/mol. The Morgan fingerprint density at radius 1 is 1.38 bits per heavy atom. The number of hydrogen-bond acceptors (Lipinski definition) is 6. The third-order valence-electron chi connectivity index (χ3n) is 4.57. The molecule has 0 radical (unpaired) electrons. The molecule has 1 aliphatic rings. The first-order valence-electron chi connectivity index (χ1n) is 8.29. The molecule has 126 valence electrons. The van der Waals surface area contributed by atoms with Crippen molar-refractivity contribution in [2.24, 2.45) is 0 Å². The van der Waals surface area contributed by atoms with E-state index in [4.69, 9.17) is 4.52 Å². The average Bonchev–Trinajstić information content (AvgIpc) is 3.30. The van der Waals surface area contributed by atoms with Gasteiger partial charge in [-0.15, -0.1) is 0 Å². The number of rotatable bonds is 5. The van der Waals surface area contributed by atoms with Gasteiger partial charge in [0.05, 0.1) is 18.8 Å². The first-order valence-corrected chi connectivity index (χ1v) is 9.23. The Labute approximate surface area is 145 Å². The van der Waals surface area contributed by atoms with Crippen LogP contribution in [0.25, 0.3) is 11.4 Å². The Balaban J connectivity index is 1.44. The normalized spacial score (nSPS) is 18.5. The van der Waals surface area contributed by atoms with Gasteiger partial charge < -0.3 is 4.52 Å². The van der Waals surface area contributed by atoms with Crippen LogP contribution in [0.2, 0.25) is 0 Å². The molecule has 4 heterocycles. The maximum atomic E-state index is 5.46. The summed E-state index contributed by atoms with van der Waals surface area (Å²) in [6.45, 7) is 6.86. The van der Waals surface area contributed by atoms with Gasteiger partial charge in [0.2, 0.25) is 11.7 Å². The SMILES string of the molecule is Cc1cc(C)n(C[C@@H]2CCCN2Cc2nc(-c3ccsc3)no2)n1. The van der Waals surface area contributed by atoms with Crippen molar-refractivity contribution in [2.45, 2.75) is 45.8 Å². The highest BCUT2D eigenvalue weighted by Gasteiger charge is 2.27. The molecule has 1 saturated heterocycles. The van der Waals surface area contributed by atoms with Gasteiger partial charge in [-0.05, 0) is 50.7 Å². The minimum absolute atomic E-state index is 0.472. The molecule has 0 amide bonds. The fourth-order valence-corrected chi connectivity index (χ4v) is 4.01. The number of likely N-dealkylation sites (tertiary alicyclic amines) is 1. The number of thiophene rings is 1. The highest BCUT2D eigenvalue weighted by molar-refractivity contribution is 7.08. The first kappa shape index (κ1) is 15.5. The second kappa shape index (κ2) is 6.49. The molecule has 1 aliphatic heterocycles. The van der Waals surface area contributed by atoms with E-state index in [1.54, 1.807) is 11.3 Å². The van der Waals surface area contributed by atoms with Gasteiger partial charge in [0.25, 0.3) is 0 Å². The summed E-state index contributed by atoms with van der Waals surface area (Å²) < 4.78 is 7.57. The first-order chi connectivity index (χ1) is 11.7. The van der Waals surface area contributed by atoms with Gasteiger partial charge in [0, 0.05) is 22.7 Å². The van der Waals surface area contributed by atoms with E-state index in [1.807, 2.05) is 23.8 Å². The molecule has 0 aliphatic carbocycles. The summed E-state index contributed by atoms with van der Waals surface area (Å²) in [6, 6.07) is 4.62. The fraction of sp³-hybridized carbons (Fsp3) is 0.471. The lowest BCUT2D eigenvalue weighted by atomic mass is 10.2. The molecule has 0 aromatic carbocycles. The summed E-state index contributed by atoms with van der Waals surface area (Å²) in [5, 5.41) is 12.8. The highest BCUT2D eigenvalue weighted by atomic mass is 32.1. The predicted octanol–water partition coefficient (Wildman–Crippen LogP) is 3.28. The Bertz CT molecular complexity index is 807. The molecule has 0 spiro atoms. The number of nitrogens with zero attached hydrogens (tertiary/aromatic N) is 5.